The number of aliphatic carboxylic acids is 1. The van der Waals surface area contributed by atoms with Gasteiger partial charge in [-0.15, -0.1) is 23.1 Å². The average molecular weight is 627 g/mol. The van der Waals surface area contributed by atoms with Gasteiger partial charge in [-0.3, -0.25) is 14.5 Å². The molecule has 5 rings (SSSR count). The summed E-state index contributed by atoms with van der Waals surface area (Å²) in [6, 6.07) is 1.72. The summed E-state index contributed by atoms with van der Waals surface area (Å²) in [5.41, 5.74) is 5.72. The van der Waals surface area contributed by atoms with E-state index in [1.54, 1.807) is 0 Å². The van der Waals surface area contributed by atoms with Crippen molar-refractivity contribution in [1.82, 2.24) is 20.4 Å². The Morgan fingerprint density at radius 3 is 2.77 bits per heavy atom. The van der Waals surface area contributed by atoms with Crippen LogP contribution in [0, 0.1) is 0 Å². The van der Waals surface area contributed by atoms with Crippen LogP contribution in [-0.2, 0) is 25.8 Å². The van der Waals surface area contributed by atoms with Crippen molar-refractivity contribution in [3.63, 3.8) is 0 Å². The summed E-state index contributed by atoms with van der Waals surface area (Å²) >= 11 is 14.3. The minimum Gasteiger partial charge on any atom is -0.503 e. The zero-order valence-electron chi connectivity index (χ0n) is 19.7. The van der Waals surface area contributed by atoms with E-state index in [-0.39, 0.29) is 55.9 Å². The van der Waals surface area contributed by atoms with Crippen molar-refractivity contribution in [3.8, 4) is 22.8 Å². The van der Waals surface area contributed by atoms with Crippen LogP contribution in [0.5, 0.6) is 11.5 Å². The smallest absolute Gasteiger partial charge is 0.352 e. The van der Waals surface area contributed by atoms with Crippen molar-refractivity contribution in [2.45, 2.75) is 18.0 Å². The van der Waals surface area contributed by atoms with E-state index in [0.29, 0.717) is 5.75 Å². The van der Waals surface area contributed by atoms with Crippen molar-refractivity contribution in [2.75, 3.05) is 11.5 Å². The number of amides is 2. The maximum Gasteiger partial charge on any atom is 0.352 e. The number of phenols is 2. The number of halogens is 2. The Labute approximate surface area is 242 Å². The number of aromatic nitrogens is 2. The average Bonchev–Trinajstić information content (AvgIpc) is 3.58. The number of nitrogens with two attached hydrogens (primary N) is 1. The molecule has 1 fully saturated rings. The fourth-order valence-corrected chi connectivity index (χ4v) is 5.99. The molecular formula is C22H16Cl2N6O8S2. The molecule has 208 valence electrons. The van der Waals surface area contributed by atoms with Gasteiger partial charge < -0.3 is 35.7 Å². The Bertz CT molecular complexity index is 1610. The summed E-state index contributed by atoms with van der Waals surface area (Å²) in [6.07, 6.45) is 1.43. The van der Waals surface area contributed by atoms with Gasteiger partial charge in [-0.2, -0.15) is 0 Å². The van der Waals surface area contributed by atoms with Crippen LogP contribution < -0.4 is 11.1 Å². The van der Waals surface area contributed by atoms with E-state index < -0.39 is 40.7 Å². The molecule has 2 amide bonds. The lowest BCUT2D eigenvalue weighted by atomic mass is 10.0. The zero-order valence-corrected chi connectivity index (χ0v) is 22.8. The van der Waals surface area contributed by atoms with Crippen LogP contribution >= 0.6 is 46.3 Å². The minimum atomic E-state index is -1.24. The van der Waals surface area contributed by atoms with Gasteiger partial charge in [0.05, 0.1) is 10.0 Å². The predicted molar refractivity (Wildman–Crippen MR) is 144 cm³/mol. The summed E-state index contributed by atoms with van der Waals surface area (Å²) in [7, 11) is 0. The van der Waals surface area contributed by atoms with Crippen LogP contribution in [0.25, 0.3) is 11.3 Å². The number of rotatable bonds is 8. The number of nitrogens with one attached hydrogen (secondary N) is 1. The second kappa shape index (κ2) is 10.9. The topological polar surface area (TPSA) is 214 Å². The number of nitrogens with zero attached hydrogens (tertiary/aromatic N) is 4. The molecule has 2 aliphatic heterocycles. The molecule has 0 radical (unpaired) electrons. The molecule has 2 aromatic heterocycles. The number of carboxylic acids is 1. The number of benzene rings is 1. The number of fused-ring (bicyclic) bond motifs is 1. The zero-order chi connectivity index (χ0) is 28.7. The number of thioether (sulfide) groups is 1. The van der Waals surface area contributed by atoms with E-state index >= 15 is 0 Å². The lowest BCUT2D eigenvalue weighted by Crippen LogP contribution is -2.70. The highest BCUT2D eigenvalue weighted by Gasteiger charge is 2.53. The van der Waals surface area contributed by atoms with Crippen molar-refractivity contribution >= 4 is 74.9 Å². The number of carbonyl (C=O) groups excluding carboxylic acids is 2. The number of β-lactam (4-membered cyclic amide) rings is 1. The van der Waals surface area contributed by atoms with Gasteiger partial charge >= 0.3 is 5.97 Å². The van der Waals surface area contributed by atoms with Crippen LogP contribution in [0.3, 0.4) is 0 Å². The predicted octanol–water partition coefficient (Wildman–Crippen LogP) is 2.39. The molecule has 14 nitrogen and oxygen atoms in total. The Morgan fingerprint density at radius 1 is 1.30 bits per heavy atom. The van der Waals surface area contributed by atoms with Gasteiger partial charge in [-0.1, -0.05) is 33.5 Å². The van der Waals surface area contributed by atoms with Crippen molar-refractivity contribution in [1.29, 1.82) is 0 Å². The lowest BCUT2D eigenvalue weighted by molar-refractivity contribution is -0.150. The molecule has 0 aliphatic carbocycles. The molecule has 18 heteroatoms. The molecule has 1 saturated heterocycles. The second-order valence-electron chi connectivity index (χ2n) is 8.16. The normalized spacial score (nSPS) is 18.6. The van der Waals surface area contributed by atoms with Gasteiger partial charge in [0.25, 0.3) is 11.8 Å². The maximum absolute atomic E-state index is 13.1. The summed E-state index contributed by atoms with van der Waals surface area (Å²) in [6.45, 7) is -0.305. The molecule has 2 atom stereocenters. The van der Waals surface area contributed by atoms with Gasteiger partial charge in [0.1, 0.15) is 28.5 Å². The van der Waals surface area contributed by atoms with Crippen LogP contribution in [-0.4, -0.2) is 71.0 Å². The molecule has 40 heavy (non-hydrogen) atoms. The number of oxime groups is 1. The van der Waals surface area contributed by atoms with Crippen molar-refractivity contribution in [3.05, 3.63) is 50.8 Å². The number of aromatic hydroxyl groups is 2. The molecule has 2 aliphatic rings. The van der Waals surface area contributed by atoms with E-state index in [2.05, 4.69) is 20.6 Å². The lowest BCUT2D eigenvalue weighted by Gasteiger charge is -2.48. The van der Waals surface area contributed by atoms with Gasteiger partial charge in [0.15, 0.2) is 34.7 Å². The first kappa shape index (κ1) is 27.6. The number of thiazole rings is 1. The van der Waals surface area contributed by atoms with Gasteiger partial charge in [-0.05, 0) is 12.1 Å². The largest absolute Gasteiger partial charge is 0.503 e. The first-order chi connectivity index (χ1) is 19.1. The molecule has 2 unspecified atom stereocenters. The SMILES string of the molecule is Nc1nc(/C(=N/OCc2cc(-c3cc(Cl)c(O)c(O)c3Cl)no2)C(=O)NC2C(=O)N3C(C(=O)O)=CCSC23)cs1. The molecule has 1 aromatic carbocycles. The number of hydrogen-bond acceptors (Lipinski definition) is 13. The summed E-state index contributed by atoms with van der Waals surface area (Å²) in [5, 5.41) is 39.9. The van der Waals surface area contributed by atoms with Gasteiger partial charge in [-0.25, -0.2) is 9.78 Å². The molecule has 0 bridgehead atoms. The highest BCUT2D eigenvalue weighted by molar-refractivity contribution is 8.00. The van der Waals surface area contributed by atoms with E-state index in [1.165, 1.54) is 35.4 Å². The fraction of sp³-hybridized carbons (Fsp3) is 0.182. The van der Waals surface area contributed by atoms with Crippen molar-refractivity contribution < 1.29 is 39.1 Å². The number of carbonyl (C=O) groups is 3. The van der Waals surface area contributed by atoms with Crippen molar-refractivity contribution in [2.24, 2.45) is 5.16 Å². The van der Waals surface area contributed by atoms with Crippen LogP contribution in [0.15, 0.2) is 39.0 Å². The minimum absolute atomic E-state index is 0.0882. The summed E-state index contributed by atoms with van der Waals surface area (Å²) < 4.78 is 5.20. The molecule has 0 spiro atoms. The first-order valence-electron chi connectivity index (χ1n) is 11.0. The second-order valence-corrected chi connectivity index (χ2v) is 11.0. The molecule has 0 saturated carbocycles. The third-order valence-corrected chi connectivity index (χ3v) is 8.22. The fourth-order valence-electron chi connectivity index (χ4n) is 3.81. The number of phenolic OH excluding ortho intramolecular Hbond substituents is 2. The number of anilines is 1. The Morgan fingerprint density at radius 2 is 2.08 bits per heavy atom. The first-order valence-corrected chi connectivity index (χ1v) is 13.7. The molecular weight excluding hydrogens is 611 g/mol. The highest BCUT2D eigenvalue weighted by Crippen LogP contribution is 2.45. The van der Waals surface area contributed by atoms with E-state index in [1.807, 2.05) is 0 Å². The number of carboxylic acid groups (broad SMARTS) is 1. The Kier molecular flexibility index (Phi) is 7.50. The van der Waals surface area contributed by atoms with E-state index in [9.17, 15) is 29.7 Å². The summed E-state index contributed by atoms with van der Waals surface area (Å²) in [4.78, 5) is 47.7. The van der Waals surface area contributed by atoms with E-state index in [4.69, 9.17) is 38.3 Å². The van der Waals surface area contributed by atoms with Gasteiger partial charge in [0, 0.05) is 22.8 Å². The third kappa shape index (κ3) is 5.01. The number of nitrogen functional groups attached to an aromatic ring is 1. The third-order valence-electron chi connectivity index (χ3n) is 5.70. The van der Waals surface area contributed by atoms with Crippen LogP contribution in [0.2, 0.25) is 10.0 Å². The monoisotopic (exact) mass is 626 g/mol. The summed E-state index contributed by atoms with van der Waals surface area (Å²) in [5.74, 6) is -3.31. The molecule has 3 aromatic rings. The number of hydrogen-bond donors (Lipinski definition) is 5. The quantitative estimate of drug-likeness (QED) is 0.105. The molecule has 4 heterocycles. The van der Waals surface area contributed by atoms with Crippen LogP contribution in [0.4, 0.5) is 5.13 Å². The Hall–Kier alpha value is -3.99. The Balaban J connectivity index is 1.31. The highest BCUT2D eigenvalue weighted by atomic mass is 35.5. The van der Waals surface area contributed by atoms with E-state index in [0.717, 1.165) is 16.2 Å². The van der Waals surface area contributed by atoms with Gasteiger partial charge in [0.2, 0.25) is 0 Å². The van der Waals surface area contributed by atoms with Crippen LogP contribution in [0.1, 0.15) is 11.5 Å². The molecule has 6 N–H and O–H groups in total. The maximum atomic E-state index is 13.1. The standard InChI is InChI=1S/C22H16Cl2N6O8S2/c23-9-4-8(13(24)17(32)16(9)31)10-3-7(38-28-10)5-37-29-14(11-6-40-22(25)26-11)18(33)27-15-19(34)30-12(21(35)36)1-2-39-20(15)30/h1,3-4,6,15,20,31-32H,2,5H2,(H2,25,26)(H,27,33)(H,35,36)/b29-14-.